The molecular formula is C8H8F3NO3. The first kappa shape index (κ1) is 13.3. The molecule has 4 nitrogen and oxygen atoms in total. The number of halogens is 3. The van der Waals surface area contributed by atoms with E-state index in [4.69, 9.17) is 11.5 Å². The highest BCUT2D eigenvalue weighted by molar-refractivity contribution is 5.82. The van der Waals surface area contributed by atoms with Crippen molar-refractivity contribution in [2.75, 3.05) is 13.1 Å². The molecule has 84 valence electrons. The van der Waals surface area contributed by atoms with E-state index in [0.29, 0.717) is 0 Å². The Labute approximate surface area is 83.7 Å². The fraction of sp³-hybridized carbons (Fsp3) is 0.500. The molecule has 0 bridgehead atoms. The molecule has 1 N–H and O–H groups in total. The number of rotatable bonds is 4. The maximum Gasteiger partial charge on any atom is 0.471 e. The maximum absolute atomic E-state index is 11.9. The molecule has 0 spiro atoms. The number of carbonyl (C=O) groups is 2. The van der Waals surface area contributed by atoms with Crippen molar-refractivity contribution in [2.24, 2.45) is 0 Å². The van der Waals surface area contributed by atoms with Crippen molar-refractivity contribution >= 4 is 11.9 Å². The van der Waals surface area contributed by atoms with Crippen LogP contribution in [0.5, 0.6) is 0 Å². The number of aliphatic carboxylic acids is 1. The first-order valence-corrected chi connectivity index (χ1v) is 3.80. The highest BCUT2D eigenvalue weighted by atomic mass is 19.4. The number of terminal acetylenes is 1. The van der Waals surface area contributed by atoms with Crippen LogP contribution in [0.2, 0.25) is 0 Å². The van der Waals surface area contributed by atoms with E-state index in [9.17, 15) is 22.8 Å². The van der Waals surface area contributed by atoms with Crippen LogP contribution in [-0.2, 0) is 9.59 Å². The lowest BCUT2D eigenvalue weighted by Gasteiger charge is -2.20. The molecule has 0 aliphatic heterocycles. The van der Waals surface area contributed by atoms with Gasteiger partial charge in [0, 0.05) is 6.54 Å². The third-order valence-corrected chi connectivity index (χ3v) is 1.41. The second-order valence-electron chi connectivity index (χ2n) is 2.57. The summed E-state index contributed by atoms with van der Waals surface area (Å²) in [6.07, 6.45) is -0.854. The minimum atomic E-state index is -5.03. The Hall–Kier alpha value is -1.71. The van der Waals surface area contributed by atoms with Crippen LogP contribution in [0.25, 0.3) is 0 Å². The third-order valence-electron chi connectivity index (χ3n) is 1.41. The average Bonchev–Trinajstić information content (AvgIpc) is 2.09. The first-order chi connectivity index (χ1) is 6.79. The summed E-state index contributed by atoms with van der Waals surface area (Å²) < 4.78 is 35.8. The van der Waals surface area contributed by atoms with E-state index in [1.54, 1.807) is 0 Å². The monoisotopic (exact) mass is 223 g/mol. The van der Waals surface area contributed by atoms with E-state index < -0.39 is 37.6 Å². The Morgan fingerprint density at radius 1 is 1.40 bits per heavy atom. The summed E-state index contributed by atoms with van der Waals surface area (Å²) in [5.74, 6) is -1.57. The fourth-order valence-electron chi connectivity index (χ4n) is 0.772. The normalized spacial score (nSPS) is 10.5. The van der Waals surface area contributed by atoms with Gasteiger partial charge >= 0.3 is 18.1 Å². The number of carbonyl (C=O) groups excluding carboxylic acids is 1. The second-order valence-corrected chi connectivity index (χ2v) is 2.57. The molecule has 0 aliphatic rings. The number of alkyl halides is 3. The van der Waals surface area contributed by atoms with Crippen molar-refractivity contribution in [1.29, 1.82) is 0 Å². The minimum absolute atomic E-state index is 0.272. The van der Waals surface area contributed by atoms with Gasteiger partial charge in [-0.2, -0.15) is 13.2 Å². The van der Waals surface area contributed by atoms with Crippen LogP contribution < -0.4 is 0 Å². The quantitative estimate of drug-likeness (QED) is 0.705. The highest BCUT2D eigenvalue weighted by Crippen LogP contribution is 2.18. The molecular weight excluding hydrogens is 215 g/mol. The number of amides is 1. The first-order valence-electron chi connectivity index (χ1n) is 3.80. The molecule has 0 aliphatic carbocycles. The summed E-state index contributed by atoms with van der Waals surface area (Å²) >= 11 is 0. The zero-order valence-electron chi connectivity index (χ0n) is 7.54. The average molecular weight is 223 g/mol. The molecule has 0 saturated carbocycles. The molecule has 0 aromatic rings. The second kappa shape index (κ2) is 5.24. The van der Waals surface area contributed by atoms with Gasteiger partial charge < -0.3 is 10.0 Å². The molecule has 0 saturated heterocycles. The smallest absolute Gasteiger partial charge is 0.471 e. The number of carboxylic acids is 1. The summed E-state index contributed by atoms with van der Waals surface area (Å²) in [5, 5.41) is 8.24. The van der Waals surface area contributed by atoms with Gasteiger partial charge in [0.05, 0.1) is 13.0 Å². The van der Waals surface area contributed by atoms with Gasteiger partial charge in [-0.1, -0.05) is 5.92 Å². The van der Waals surface area contributed by atoms with Crippen LogP contribution in [0.3, 0.4) is 0 Å². The van der Waals surface area contributed by atoms with Crippen LogP contribution in [0.15, 0.2) is 0 Å². The summed E-state index contributed by atoms with van der Waals surface area (Å²) in [5.41, 5.74) is 0. The van der Waals surface area contributed by atoms with Crippen molar-refractivity contribution < 1.29 is 27.9 Å². The number of carboxylic acid groups (broad SMARTS) is 1. The van der Waals surface area contributed by atoms with E-state index in [0.717, 1.165) is 0 Å². The number of hydrogen-bond acceptors (Lipinski definition) is 2. The van der Waals surface area contributed by atoms with Crippen LogP contribution in [-0.4, -0.2) is 41.1 Å². The predicted octanol–water partition coefficient (Wildman–Crippen LogP) is 0.485. The van der Waals surface area contributed by atoms with E-state index in [-0.39, 0.29) is 4.90 Å². The Morgan fingerprint density at radius 2 is 1.93 bits per heavy atom. The number of nitrogens with zero attached hydrogens (tertiary/aromatic N) is 1. The van der Waals surface area contributed by atoms with Crippen molar-refractivity contribution in [3.63, 3.8) is 0 Å². The highest BCUT2D eigenvalue weighted by Gasteiger charge is 2.42. The molecule has 7 heteroatoms. The zero-order valence-corrected chi connectivity index (χ0v) is 7.54. The summed E-state index contributed by atoms with van der Waals surface area (Å²) in [6, 6.07) is 0. The molecule has 0 rings (SSSR count). The van der Waals surface area contributed by atoms with Gasteiger partial charge in [-0.15, -0.1) is 6.42 Å². The largest absolute Gasteiger partial charge is 0.481 e. The summed E-state index contributed by atoms with van der Waals surface area (Å²) in [4.78, 5) is 21.1. The molecule has 0 atom stereocenters. The topological polar surface area (TPSA) is 57.6 Å². The molecule has 15 heavy (non-hydrogen) atoms. The van der Waals surface area contributed by atoms with Crippen LogP contribution in [0.4, 0.5) is 13.2 Å². The van der Waals surface area contributed by atoms with Gasteiger partial charge in [0.25, 0.3) is 0 Å². The third kappa shape index (κ3) is 4.90. The summed E-state index contributed by atoms with van der Waals surface area (Å²) in [7, 11) is 0. The zero-order chi connectivity index (χ0) is 12.1. The Balaban J connectivity index is 4.47. The van der Waals surface area contributed by atoms with E-state index >= 15 is 0 Å². The maximum atomic E-state index is 11.9. The fourth-order valence-corrected chi connectivity index (χ4v) is 0.772. The molecule has 0 aromatic carbocycles. The lowest BCUT2D eigenvalue weighted by molar-refractivity contribution is -0.185. The van der Waals surface area contributed by atoms with Gasteiger partial charge in [-0.25, -0.2) is 0 Å². The molecule has 0 unspecified atom stereocenters. The predicted molar refractivity (Wildman–Crippen MR) is 43.7 cm³/mol. The van der Waals surface area contributed by atoms with Crippen molar-refractivity contribution in [3.05, 3.63) is 0 Å². The lowest BCUT2D eigenvalue weighted by Crippen LogP contribution is -2.42. The molecule has 0 aromatic heterocycles. The standard InChI is InChI=1S/C8H8F3NO3/c1-2-4-12(5-3-6(13)14)7(15)8(9,10)11/h1H,3-5H2,(H,13,14). The molecule has 0 heterocycles. The van der Waals surface area contributed by atoms with Gasteiger partial charge in [-0.05, 0) is 0 Å². The Bertz CT molecular complexity index is 292. The van der Waals surface area contributed by atoms with Crippen LogP contribution in [0.1, 0.15) is 6.42 Å². The minimum Gasteiger partial charge on any atom is -0.481 e. The molecule has 0 radical (unpaired) electrons. The SMILES string of the molecule is C#CCN(CCC(=O)O)C(=O)C(F)(F)F. The van der Waals surface area contributed by atoms with E-state index in [1.165, 1.54) is 0 Å². The van der Waals surface area contributed by atoms with Gasteiger partial charge in [-0.3, -0.25) is 9.59 Å². The Kier molecular flexibility index (Phi) is 4.64. The van der Waals surface area contributed by atoms with Gasteiger partial charge in [0.15, 0.2) is 0 Å². The Morgan fingerprint density at radius 3 is 2.27 bits per heavy atom. The van der Waals surface area contributed by atoms with E-state index in [2.05, 4.69) is 0 Å². The van der Waals surface area contributed by atoms with Crippen molar-refractivity contribution in [1.82, 2.24) is 4.90 Å². The van der Waals surface area contributed by atoms with Crippen molar-refractivity contribution in [3.8, 4) is 12.3 Å². The molecule has 1 amide bonds. The van der Waals surface area contributed by atoms with E-state index in [1.807, 2.05) is 5.92 Å². The molecule has 0 fully saturated rings. The van der Waals surface area contributed by atoms with Crippen LogP contribution in [0, 0.1) is 12.3 Å². The lowest BCUT2D eigenvalue weighted by atomic mass is 10.3. The van der Waals surface area contributed by atoms with Crippen LogP contribution >= 0.6 is 0 Å². The van der Waals surface area contributed by atoms with Gasteiger partial charge in [0.1, 0.15) is 0 Å². The van der Waals surface area contributed by atoms with Gasteiger partial charge in [0.2, 0.25) is 0 Å². The number of hydrogen-bond donors (Lipinski definition) is 1. The summed E-state index contributed by atoms with van der Waals surface area (Å²) in [6.45, 7) is -1.12. The van der Waals surface area contributed by atoms with Crippen molar-refractivity contribution in [2.45, 2.75) is 12.6 Å².